The van der Waals surface area contributed by atoms with Crippen LogP contribution >= 0.6 is 0 Å². The van der Waals surface area contributed by atoms with Crippen LogP contribution in [0.5, 0.6) is 0 Å². The summed E-state index contributed by atoms with van der Waals surface area (Å²) in [5.74, 6) is -0.232. The molecule has 3 rings (SSSR count). The van der Waals surface area contributed by atoms with Gasteiger partial charge in [0.05, 0.1) is 24.4 Å². The highest BCUT2D eigenvalue weighted by atomic mass is 16.5. The smallest absolute Gasteiger partial charge is 0.310 e. The van der Waals surface area contributed by atoms with Crippen LogP contribution in [0.4, 0.5) is 0 Å². The SMILES string of the molecule is CCOC(=O)Cc1ccc(-c2ccccc2)nc1-c1ccccc1. The largest absolute Gasteiger partial charge is 0.466 e. The summed E-state index contributed by atoms with van der Waals surface area (Å²) in [5, 5.41) is 0. The molecule has 3 nitrogen and oxygen atoms in total. The first kappa shape index (κ1) is 15.9. The van der Waals surface area contributed by atoms with Gasteiger partial charge in [0.2, 0.25) is 0 Å². The second kappa shape index (κ2) is 7.55. The zero-order valence-corrected chi connectivity index (χ0v) is 13.6. The summed E-state index contributed by atoms with van der Waals surface area (Å²) < 4.78 is 5.08. The standard InChI is InChI=1S/C21H19NO2/c1-2-24-20(23)15-18-13-14-19(16-9-5-3-6-10-16)22-21(18)17-11-7-4-8-12-17/h3-14H,2,15H2,1H3. The van der Waals surface area contributed by atoms with E-state index in [1.807, 2.05) is 79.7 Å². The third kappa shape index (κ3) is 3.69. The van der Waals surface area contributed by atoms with Crippen molar-refractivity contribution in [3.63, 3.8) is 0 Å². The molecule has 0 aliphatic heterocycles. The number of hydrogen-bond acceptors (Lipinski definition) is 3. The highest BCUT2D eigenvalue weighted by molar-refractivity contribution is 5.77. The molecule has 1 aromatic heterocycles. The Hall–Kier alpha value is -2.94. The van der Waals surface area contributed by atoms with Gasteiger partial charge in [0.25, 0.3) is 0 Å². The summed E-state index contributed by atoms with van der Waals surface area (Å²) >= 11 is 0. The molecule has 0 fully saturated rings. The molecule has 0 saturated carbocycles. The molecule has 0 aliphatic carbocycles. The molecule has 0 saturated heterocycles. The van der Waals surface area contributed by atoms with Gasteiger partial charge < -0.3 is 4.74 Å². The van der Waals surface area contributed by atoms with Gasteiger partial charge in [-0.2, -0.15) is 0 Å². The first-order valence-corrected chi connectivity index (χ1v) is 8.04. The molecule has 0 spiro atoms. The molecule has 1 heterocycles. The van der Waals surface area contributed by atoms with Crippen molar-refractivity contribution in [2.75, 3.05) is 6.61 Å². The van der Waals surface area contributed by atoms with Crippen LogP contribution < -0.4 is 0 Å². The van der Waals surface area contributed by atoms with Gasteiger partial charge in [0.1, 0.15) is 0 Å². The van der Waals surface area contributed by atoms with Gasteiger partial charge in [-0.1, -0.05) is 66.7 Å². The fraction of sp³-hybridized carbons (Fsp3) is 0.143. The number of pyridine rings is 1. The van der Waals surface area contributed by atoms with E-state index in [0.717, 1.165) is 28.1 Å². The molecule has 0 amide bonds. The summed E-state index contributed by atoms with van der Waals surface area (Å²) in [7, 11) is 0. The van der Waals surface area contributed by atoms with Crippen LogP contribution in [0.2, 0.25) is 0 Å². The van der Waals surface area contributed by atoms with E-state index in [-0.39, 0.29) is 12.4 Å². The predicted octanol–water partition coefficient (Wildman–Crippen LogP) is 4.52. The molecule has 3 heteroatoms. The molecule has 0 aliphatic rings. The number of hydrogen-bond donors (Lipinski definition) is 0. The van der Waals surface area contributed by atoms with Crippen molar-refractivity contribution in [1.29, 1.82) is 0 Å². The number of carbonyl (C=O) groups excluding carboxylic acids is 1. The molecule has 24 heavy (non-hydrogen) atoms. The van der Waals surface area contributed by atoms with Gasteiger partial charge >= 0.3 is 5.97 Å². The third-order valence-corrected chi connectivity index (χ3v) is 3.74. The van der Waals surface area contributed by atoms with E-state index < -0.39 is 0 Å². The summed E-state index contributed by atoms with van der Waals surface area (Å²) in [6, 6.07) is 23.9. The predicted molar refractivity (Wildman–Crippen MR) is 95.4 cm³/mol. The van der Waals surface area contributed by atoms with Crippen molar-refractivity contribution < 1.29 is 9.53 Å². The Morgan fingerprint density at radius 3 is 2.12 bits per heavy atom. The van der Waals surface area contributed by atoms with Crippen molar-refractivity contribution in [3.05, 3.63) is 78.4 Å². The van der Waals surface area contributed by atoms with Gasteiger partial charge in [-0.05, 0) is 18.6 Å². The lowest BCUT2D eigenvalue weighted by atomic mass is 10.0. The van der Waals surface area contributed by atoms with Crippen LogP contribution in [0.1, 0.15) is 12.5 Å². The van der Waals surface area contributed by atoms with Crippen molar-refractivity contribution >= 4 is 5.97 Å². The zero-order chi connectivity index (χ0) is 16.8. The van der Waals surface area contributed by atoms with Crippen LogP contribution in [0.3, 0.4) is 0 Å². The normalized spacial score (nSPS) is 10.4. The molecule has 0 bridgehead atoms. The summed E-state index contributed by atoms with van der Waals surface area (Å²) in [4.78, 5) is 16.7. The number of ether oxygens (including phenoxy) is 1. The molecular formula is C21H19NO2. The molecular weight excluding hydrogens is 298 g/mol. The van der Waals surface area contributed by atoms with E-state index in [0.29, 0.717) is 6.61 Å². The van der Waals surface area contributed by atoms with E-state index in [1.165, 1.54) is 0 Å². The van der Waals surface area contributed by atoms with Crippen LogP contribution in [0, 0.1) is 0 Å². The van der Waals surface area contributed by atoms with Gasteiger partial charge in [-0.15, -0.1) is 0 Å². The Morgan fingerprint density at radius 2 is 1.50 bits per heavy atom. The van der Waals surface area contributed by atoms with Crippen molar-refractivity contribution in [2.24, 2.45) is 0 Å². The molecule has 2 aromatic carbocycles. The number of benzene rings is 2. The van der Waals surface area contributed by atoms with E-state index in [4.69, 9.17) is 9.72 Å². The Labute approximate surface area is 142 Å². The zero-order valence-electron chi connectivity index (χ0n) is 13.6. The monoisotopic (exact) mass is 317 g/mol. The second-order valence-electron chi connectivity index (χ2n) is 5.42. The number of rotatable bonds is 5. The average Bonchev–Trinajstić information content (AvgIpc) is 2.64. The third-order valence-electron chi connectivity index (χ3n) is 3.74. The topological polar surface area (TPSA) is 39.2 Å². The molecule has 0 atom stereocenters. The minimum atomic E-state index is -0.232. The lowest BCUT2D eigenvalue weighted by Gasteiger charge is -2.11. The van der Waals surface area contributed by atoms with Crippen molar-refractivity contribution in [3.8, 4) is 22.5 Å². The van der Waals surface area contributed by atoms with Crippen molar-refractivity contribution in [1.82, 2.24) is 4.98 Å². The first-order valence-electron chi connectivity index (χ1n) is 8.04. The Kier molecular flexibility index (Phi) is 5.02. The minimum absolute atomic E-state index is 0.222. The maximum Gasteiger partial charge on any atom is 0.310 e. The lowest BCUT2D eigenvalue weighted by Crippen LogP contribution is -2.09. The van der Waals surface area contributed by atoms with Crippen molar-refractivity contribution in [2.45, 2.75) is 13.3 Å². The second-order valence-corrected chi connectivity index (χ2v) is 5.42. The Morgan fingerprint density at radius 1 is 0.875 bits per heavy atom. The van der Waals surface area contributed by atoms with Gasteiger partial charge in [0.15, 0.2) is 0 Å². The maximum atomic E-state index is 11.9. The Bertz CT molecular complexity index is 814. The van der Waals surface area contributed by atoms with E-state index in [1.54, 1.807) is 0 Å². The highest BCUT2D eigenvalue weighted by Gasteiger charge is 2.13. The molecule has 3 aromatic rings. The Balaban J connectivity index is 2.04. The summed E-state index contributed by atoms with van der Waals surface area (Å²) in [5.41, 5.74) is 4.64. The van der Waals surface area contributed by atoms with E-state index in [9.17, 15) is 4.79 Å². The van der Waals surface area contributed by atoms with Gasteiger partial charge in [-0.25, -0.2) is 4.98 Å². The quantitative estimate of drug-likeness (QED) is 0.649. The summed E-state index contributed by atoms with van der Waals surface area (Å²) in [6.45, 7) is 2.20. The van der Waals surface area contributed by atoms with Gasteiger partial charge in [-0.3, -0.25) is 4.79 Å². The lowest BCUT2D eigenvalue weighted by molar-refractivity contribution is -0.142. The van der Waals surface area contributed by atoms with E-state index in [2.05, 4.69) is 0 Å². The summed E-state index contributed by atoms with van der Waals surface area (Å²) in [6.07, 6.45) is 0.222. The van der Waals surface area contributed by atoms with Crippen LogP contribution in [0.25, 0.3) is 22.5 Å². The van der Waals surface area contributed by atoms with Crippen LogP contribution in [-0.4, -0.2) is 17.6 Å². The van der Waals surface area contributed by atoms with Crippen LogP contribution in [-0.2, 0) is 16.0 Å². The number of esters is 1. The number of nitrogens with zero attached hydrogens (tertiary/aromatic N) is 1. The molecule has 0 unspecified atom stereocenters. The number of aromatic nitrogens is 1. The fourth-order valence-electron chi connectivity index (χ4n) is 2.61. The number of carbonyl (C=O) groups is 1. The first-order chi connectivity index (χ1) is 11.8. The molecule has 0 radical (unpaired) electrons. The molecule has 0 N–H and O–H groups in total. The minimum Gasteiger partial charge on any atom is -0.466 e. The highest BCUT2D eigenvalue weighted by Crippen LogP contribution is 2.26. The average molecular weight is 317 g/mol. The van der Waals surface area contributed by atoms with Gasteiger partial charge in [0, 0.05) is 11.1 Å². The molecule has 120 valence electrons. The van der Waals surface area contributed by atoms with Crippen LogP contribution in [0.15, 0.2) is 72.8 Å². The maximum absolute atomic E-state index is 11.9. The fourth-order valence-corrected chi connectivity index (χ4v) is 2.61. The van der Waals surface area contributed by atoms with E-state index >= 15 is 0 Å².